The summed E-state index contributed by atoms with van der Waals surface area (Å²) in [7, 11) is 0. The van der Waals surface area contributed by atoms with Crippen LogP contribution in [-0.2, 0) is 4.79 Å². The maximum Gasteiger partial charge on any atom is 0.235 e. The topological polar surface area (TPSA) is 46.1 Å². The fourth-order valence-electron chi connectivity index (χ4n) is 2.41. The van der Waals surface area contributed by atoms with Crippen LogP contribution in [0.25, 0.3) is 10.2 Å². The minimum absolute atomic E-state index is 0.142. The lowest BCUT2D eigenvalue weighted by atomic mass is 10.2. The van der Waals surface area contributed by atoms with Gasteiger partial charge in [-0.1, -0.05) is 11.8 Å². The van der Waals surface area contributed by atoms with E-state index in [1.807, 2.05) is 32.6 Å². The molecule has 1 amide bonds. The molecule has 1 atom stereocenters. The molecule has 0 saturated carbocycles. The Morgan fingerprint density at radius 1 is 1.23 bits per heavy atom. The van der Waals surface area contributed by atoms with Gasteiger partial charge >= 0.3 is 0 Å². The third-order valence-corrected chi connectivity index (χ3v) is 5.99. The van der Waals surface area contributed by atoms with Gasteiger partial charge < -0.3 is 4.90 Å². The smallest absolute Gasteiger partial charge is 0.235 e. The first-order chi connectivity index (χ1) is 10.4. The molecule has 2 aromatic rings. The quantitative estimate of drug-likeness (QED) is 0.612. The zero-order chi connectivity index (χ0) is 16.4. The summed E-state index contributed by atoms with van der Waals surface area (Å²) >= 11 is 3.24. The van der Waals surface area contributed by atoms with E-state index < -0.39 is 0 Å². The van der Waals surface area contributed by atoms with Crippen molar-refractivity contribution in [3.05, 3.63) is 16.3 Å². The van der Waals surface area contributed by atoms with Crippen molar-refractivity contribution in [2.45, 2.75) is 51.8 Å². The lowest BCUT2D eigenvalue weighted by Gasteiger charge is -2.22. The molecule has 0 fully saturated rings. The minimum Gasteiger partial charge on any atom is -0.342 e. The molecule has 0 aliphatic carbocycles. The monoisotopic (exact) mass is 337 g/mol. The maximum absolute atomic E-state index is 12.5. The van der Waals surface area contributed by atoms with Crippen LogP contribution < -0.4 is 0 Å². The van der Waals surface area contributed by atoms with Gasteiger partial charge in [-0.25, -0.2) is 9.97 Å². The predicted molar refractivity (Wildman–Crippen MR) is 94.9 cm³/mol. The number of nitrogens with zero attached hydrogens (tertiary/aromatic N) is 3. The molecule has 0 aromatic carbocycles. The summed E-state index contributed by atoms with van der Waals surface area (Å²) in [5.74, 6) is 0.933. The Kier molecular flexibility index (Phi) is 5.45. The Labute approximate surface area is 140 Å². The zero-order valence-electron chi connectivity index (χ0n) is 14.1. The molecule has 0 spiro atoms. The van der Waals surface area contributed by atoms with Crippen molar-refractivity contribution in [1.29, 1.82) is 0 Å². The summed E-state index contributed by atoms with van der Waals surface area (Å²) in [4.78, 5) is 25.8. The number of rotatable bonds is 5. The lowest BCUT2D eigenvalue weighted by molar-refractivity contribution is -0.129. The molecule has 0 aliphatic rings. The SMILES string of the molecule is CCN(CC)C(=O)C(C)Sc1nc(C)nc2sc(C)c(C)c12. The van der Waals surface area contributed by atoms with Crippen LogP contribution in [0.1, 0.15) is 37.0 Å². The molecule has 1 unspecified atom stereocenters. The van der Waals surface area contributed by atoms with Crippen molar-refractivity contribution >= 4 is 39.2 Å². The normalized spacial score (nSPS) is 12.6. The molecule has 0 aliphatic heterocycles. The number of hydrogen-bond donors (Lipinski definition) is 0. The summed E-state index contributed by atoms with van der Waals surface area (Å²) in [5.41, 5.74) is 1.23. The van der Waals surface area contributed by atoms with Crippen molar-refractivity contribution in [3.63, 3.8) is 0 Å². The van der Waals surface area contributed by atoms with Gasteiger partial charge in [-0.15, -0.1) is 11.3 Å². The van der Waals surface area contributed by atoms with Crippen LogP contribution in [0.3, 0.4) is 0 Å². The maximum atomic E-state index is 12.5. The number of aromatic nitrogens is 2. The highest BCUT2D eigenvalue weighted by Crippen LogP contribution is 2.36. The number of carbonyl (C=O) groups is 1. The van der Waals surface area contributed by atoms with Gasteiger partial charge in [-0.3, -0.25) is 4.79 Å². The van der Waals surface area contributed by atoms with E-state index in [2.05, 4.69) is 23.8 Å². The highest BCUT2D eigenvalue weighted by Gasteiger charge is 2.22. The van der Waals surface area contributed by atoms with Gasteiger partial charge in [0, 0.05) is 23.4 Å². The average Bonchev–Trinajstić information content (AvgIpc) is 2.74. The average molecular weight is 338 g/mol. The third kappa shape index (κ3) is 3.27. The molecule has 4 nitrogen and oxygen atoms in total. The summed E-state index contributed by atoms with van der Waals surface area (Å²) < 4.78 is 0. The molecule has 2 rings (SSSR count). The predicted octanol–water partition coefficient (Wildman–Crippen LogP) is 3.97. The van der Waals surface area contributed by atoms with Crippen molar-refractivity contribution < 1.29 is 4.79 Å². The van der Waals surface area contributed by atoms with Gasteiger partial charge in [0.2, 0.25) is 5.91 Å². The largest absolute Gasteiger partial charge is 0.342 e. The molecule has 0 N–H and O–H groups in total. The van der Waals surface area contributed by atoms with E-state index in [-0.39, 0.29) is 11.2 Å². The van der Waals surface area contributed by atoms with Crippen LogP contribution in [0.2, 0.25) is 0 Å². The van der Waals surface area contributed by atoms with Crippen molar-refractivity contribution in [2.24, 2.45) is 0 Å². The van der Waals surface area contributed by atoms with E-state index in [4.69, 9.17) is 0 Å². The Hall–Kier alpha value is -1.14. The van der Waals surface area contributed by atoms with Gasteiger partial charge in [0.25, 0.3) is 0 Å². The summed E-state index contributed by atoms with van der Waals surface area (Å²) in [5, 5.41) is 1.90. The van der Waals surface area contributed by atoms with Crippen molar-refractivity contribution in [1.82, 2.24) is 14.9 Å². The van der Waals surface area contributed by atoms with Gasteiger partial charge in [0.1, 0.15) is 15.7 Å². The van der Waals surface area contributed by atoms with E-state index in [0.29, 0.717) is 0 Å². The molecule has 22 heavy (non-hydrogen) atoms. The molecule has 0 radical (unpaired) electrons. The van der Waals surface area contributed by atoms with Crippen LogP contribution in [0.4, 0.5) is 0 Å². The fraction of sp³-hybridized carbons (Fsp3) is 0.562. The second-order valence-corrected chi connectivity index (χ2v) is 7.84. The Balaban J connectivity index is 2.37. The van der Waals surface area contributed by atoms with E-state index in [0.717, 1.165) is 34.2 Å². The number of aryl methyl sites for hydroxylation is 3. The number of hydrogen-bond acceptors (Lipinski definition) is 5. The molecule has 0 bridgehead atoms. The molecule has 0 saturated heterocycles. The van der Waals surface area contributed by atoms with E-state index >= 15 is 0 Å². The second-order valence-electron chi connectivity index (χ2n) is 5.31. The van der Waals surface area contributed by atoms with Gasteiger partial charge in [0.15, 0.2) is 0 Å². The minimum atomic E-state index is -0.142. The van der Waals surface area contributed by atoms with Gasteiger partial charge in [-0.05, 0) is 47.1 Å². The number of thioether (sulfide) groups is 1. The second kappa shape index (κ2) is 6.96. The van der Waals surface area contributed by atoms with Crippen LogP contribution in [0.5, 0.6) is 0 Å². The molecular weight excluding hydrogens is 314 g/mol. The molecule has 120 valence electrons. The van der Waals surface area contributed by atoms with Crippen LogP contribution in [0, 0.1) is 20.8 Å². The first-order valence-electron chi connectivity index (χ1n) is 7.58. The standard InChI is InChI=1S/C16H23N3OS2/c1-7-19(8-2)16(20)11(5)22-15-13-9(3)10(4)21-14(13)17-12(6)18-15/h11H,7-8H2,1-6H3. The summed E-state index contributed by atoms with van der Waals surface area (Å²) in [6, 6.07) is 0. The summed E-state index contributed by atoms with van der Waals surface area (Å²) in [6.45, 7) is 13.6. The van der Waals surface area contributed by atoms with Crippen LogP contribution >= 0.6 is 23.1 Å². The third-order valence-electron chi connectivity index (χ3n) is 3.82. The molecule has 2 aromatic heterocycles. The highest BCUT2D eigenvalue weighted by molar-refractivity contribution is 8.00. The number of fused-ring (bicyclic) bond motifs is 1. The number of carbonyl (C=O) groups excluding carboxylic acids is 1. The first-order valence-corrected chi connectivity index (χ1v) is 9.28. The van der Waals surface area contributed by atoms with Crippen molar-refractivity contribution in [3.8, 4) is 0 Å². The lowest BCUT2D eigenvalue weighted by Crippen LogP contribution is -2.36. The van der Waals surface area contributed by atoms with Gasteiger partial charge in [0.05, 0.1) is 5.25 Å². The zero-order valence-corrected chi connectivity index (χ0v) is 15.7. The van der Waals surface area contributed by atoms with E-state index in [1.165, 1.54) is 10.4 Å². The fourth-order valence-corrected chi connectivity index (χ4v) is 4.69. The van der Waals surface area contributed by atoms with E-state index in [1.54, 1.807) is 23.1 Å². The first kappa shape index (κ1) is 17.2. The molecule has 2 heterocycles. The number of amides is 1. The van der Waals surface area contributed by atoms with Crippen molar-refractivity contribution in [2.75, 3.05) is 13.1 Å². The number of thiophene rings is 1. The molecular formula is C16H23N3OS2. The summed E-state index contributed by atoms with van der Waals surface area (Å²) in [6.07, 6.45) is 0. The van der Waals surface area contributed by atoms with Crippen LogP contribution in [0.15, 0.2) is 5.03 Å². The highest BCUT2D eigenvalue weighted by atomic mass is 32.2. The Bertz CT molecular complexity index is 692. The van der Waals surface area contributed by atoms with Crippen LogP contribution in [-0.4, -0.2) is 39.1 Å². The Morgan fingerprint density at radius 3 is 2.45 bits per heavy atom. The Morgan fingerprint density at radius 2 is 1.86 bits per heavy atom. The molecule has 6 heteroatoms. The van der Waals surface area contributed by atoms with E-state index in [9.17, 15) is 4.79 Å². The van der Waals surface area contributed by atoms with Gasteiger partial charge in [-0.2, -0.15) is 0 Å².